The van der Waals surface area contributed by atoms with Gasteiger partial charge in [0.15, 0.2) is 5.96 Å². The summed E-state index contributed by atoms with van der Waals surface area (Å²) in [5, 5.41) is 6.64. The maximum absolute atomic E-state index is 4.67. The third-order valence-electron chi connectivity index (χ3n) is 3.09. The number of aliphatic imine (C=N–C) groups is 1. The van der Waals surface area contributed by atoms with Crippen LogP contribution in [0.1, 0.15) is 34.1 Å². The van der Waals surface area contributed by atoms with Crippen molar-refractivity contribution >= 4 is 5.96 Å². The molecule has 4 heteroatoms. The summed E-state index contributed by atoms with van der Waals surface area (Å²) in [6.07, 6.45) is 1.29. The van der Waals surface area contributed by atoms with E-state index in [1.807, 2.05) is 0 Å². The van der Waals surface area contributed by atoms with Gasteiger partial charge in [-0.05, 0) is 46.2 Å². The third-order valence-corrected chi connectivity index (χ3v) is 3.09. The Balaban J connectivity index is 2.37. The van der Waals surface area contributed by atoms with E-state index in [0.717, 1.165) is 25.0 Å². The molecule has 1 fully saturated rings. The number of hydrogen-bond acceptors (Lipinski definition) is 2. The first kappa shape index (κ1) is 14.3. The van der Waals surface area contributed by atoms with Crippen LogP contribution in [0, 0.1) is 5.92 Å². The maximum Gasteiger partial charge on any atom is 0.191 e. The second-order valence-corrected chi connectivity index (χ2v) is 5.07. The van der Waals surface area contributed by atoms with Crippen molar-refractivity contribution in [3.05, 3.63) is 0 Å². The van der Waals surface area contributed by atoms with Crippen LogP contribution in [0.15, 0.2) is 4.99 Å². The first-order valence-corrected chi connectivity index (χ1v) is 6.92. The number of rotatable bonds is 5. The summed E-state index contributed by atoms with van der Waals surface area (Å²) in [4.78, 5) is 7.18. The van der Waals surface area contributed by atoms with E-state index in [-0.39, 0.29) is 0 Å². The maximum atomic E-state index is 4.67. The Bertz CT molecular complexity index is 238. The minimum Gasteiger partial charge on any atom is -0.357 e. The molecular formula is C13H28N4. The molecule has 1 unspecified atom stereocenters. The van der Waals surface area contributed by atoms with Gasteiger partial charge in [-0.15, -0.1) is 0 Å². The Morgan fingerprint density at radius 3 is 2.71 bits per heavy atom. The smallest absolute Gasteiger partial charge is 0.191 e. The fourth-order valence-electron chi connectivity index (χ4n) is 2.16. The standard InChI is InChI=1S/C13H28N4/c1-5-14-13(16-11(3)4)15-9-12-7-8-17(6-2)10-12/h11-12H,5-10H2,1-4H3,(H2,14,15,16). The molecule has 0 aromatic carbocycles. The van der Waals surface area contributed by atoms with Crippen LogP contribution in [0.25, 0.3) is 0 Å². The summed E-state index contributed by atoms with van der Waals surface area (Å²) >= 11 is 0. The number of nitrogens with zero attached hydrogens (tertiary/aromatic N) is 2. The van der Waals surface area contributed by atoms with Crippen molar-refractivity contribution in [1.82, 2.24) is 15.5 Å². The Kier molecular flexibility index (Phi) is 6.34. The van der Waals surface area contributed by atoms with Gasteiger partial charge in [0.2, 0.25) is 0 Å². The van der Waals surface area contributed by atoms with E-state index in [1.165, 1.54) is 26.1 Å². The van der Waals surface area contributed by atoms with Gasteiger partial charge in [-0.25, -0.2) is 0 Å². The van der Waals surface area contributed by atoms with E-state index in [1.54, 1.807) is 0 Å². The van der Waals surface area contributed by atoms with Gasteiger partial charge in [-0.3, -0.25) is 4.99 Å². The second kappa shape index (κ2) is 7.54. The summed E-state index contributed by atoms with van der Waals surface area (Å²) < 4.78 is 0. The van der Waals surface area contributed by atoms with Gasteiger partial charge in [0.1, 0.15) is 0 Å². The second-order valence-electron chi connectivity index (χ2n) is 5.07. The predicted molar refractivity (Wildman–Crippen MR) is 74.5 cm³/mol. The Labute approximate surface area is 106 Å². The average Bonchev–Trinajstić information content (AvgIpc) is 2.73. The number of nitrogens with one attached hydrogen (secondary N) is 2. The Hall–Kier alpha value is -0.770. The van der Waals surface area contributed by atoms with Crippen LogP contribution in [0.3, 0.4) is 0 Å². The van der Waals surface area contributed by atoms with Crippen LogP contribution in [0.4, 0.5) is 0 Å². The normalized spacial score (nSPS) is 22.2. The minimum atomic E-state index is 0.434. The molecule has 0 saturated carbocycles. The molecule has 17 heavy (non-hydrogen) atoms. The first-order valence-electron chi connectivity index (χ1n) is 6.92. The Morgan fingerprint density at radius 2 is 2.18 bits per heavy atom. The quantitative estimate of drug-likeness (QED) is 0.562. The summed E-state index contributed by atoms with van der Waals surface area (Å²) in [6, 6.07) is 0.434. The lowest BCUT2D eigenvalue weighted by Gasteiger charge is -2.15. The SMILES string of the molecule is CCNC(=NCC1CCN(CC)C1)NC(C)C. The third kappa shape index (κ3) is 5.39. The highest BCUT2D eigenvalue weighted by Gasteiger charge is 2.20. The lowest BCUT2D eigenvalue weighted by molar-refractivity contribution is 0.343. The molecule has 1 heterocycles. The van der Waals surface area contributed by atoms with E-state index in [9.17, 15) is 0 Å². The fraction of sp³-hybridized carbons (Fsp3) is 0.923. The molecule has 1 aliphatic rings. The molecule has 2 N–H and O–H groups in total. The average molecular weight is 240 g/mol. The van der Waals surface area contributed by atoms with Gasteiger partial charge in [0.25, 0.3) is 0 Å². The van der Waals surface area contributed by atoms with Gasteiger partial charge >= 0.3 is 0 Å². The van der Waals surface area contributed by atoms with Gasteiger partial charge in [-0.2, -0.15) is 0 Å². The molecule has 0 bridgehead atoms. The molecule has 4 nitrogen and oxygen atoms in total. The first-order chi connectivity index (χ1) is 8.15. The molecule has 1 rings (SSSR count). The minimum absolute atomic E-state index is 0.434. The van der Waals surface area contributed by atoms with Crippen molar-refractivity contribution in [1.29, 1.82) is 0 Å². The molecule has 1 atom stereocenters. The van der Waals surface area contributed by atoms with Crippen LogP contribution in [0.2, 0.25) is 0 Å². The summed E-state index contributed by atoms with van der Waals surface area (Å²) in [5.41, 5.74) is 0. The molecule has 0 aromatic rings. The highest BCUT2D eigenvalue weighted by atomic mass is 15.2. The molecule has 0 amide bonds. The number of guanidine groups is 1. The largest absolute Gasteiger partial charge is 0.357 e. The zero-order valence-electron chi connectivity index (χ0n) is 11.8. The van der Waals surface area contributed by atoms with Crippen LogP contribution >= 0.6 is 0 Å². The van der Waals surface area contributed by atoms with Crippen LogP contribution in [0.5, 0.6) is 0 Å². The van der Waals surface area contributed by atoms with Crippen molar-refractivity contribution in [3.8, 4) is 0 Å². The number of hydrogen-bond donors (Lipinski definition) is 2. The molecular weight excluding hydrogens is 212 g/mol. The predicted octanol–water partition coefficient (Wildman–Crippen LogP) is 1.29. The summed E-state index contributed by atoms with van der Waals surface area (Å²) in [7, 11) is 0. The molecule has 100 valence electrons. The van der Waals surface area contributed by atoms with Crippen LogP contribution in [-0.4, -0.2) is 49.6 Å². The summed E-state index contributed by atoms with van der Waals surface area (Å²) in [5.74, 6) is 1.69. The molecule has 1 saturated heterocycles. The molecule has 0 aliphatic carbocycles. The van der Waals surface area contributed by atoms with Crippen molar-refractivity contribution < 1.29 is 0 Å². The van der Waals surface area contributed by atoms with Crippen molar-refractivity contribution in [2.24, 2.45) is 10.9 Å². The zero-order valence-corrected chi connectivity index (χ0v) is 11.8. The van der Waals surface area contributed by atoms with Gasteiger partial charge in [-0.1, -0.05) is 6.92 Å². The van der Waals surface area contributed by atoms with E-state index < -0.39 is 0 Å². The fourth-order valence-corrected chi connectivity index (χ4v) is 2.16. The van der Waals surface area contributed by atoms with Gasteiger partial charge < -0.3 is 15.5 Å². The molecule has 1 aliphatic heterocycles. The van der Waals surface area contributed by atoms with Crippen molar-refractivity contribution in [2.45, 2.75) is 40.2 Å². The van der Waals surface area contributed by atoms with E-state index in [0.29, 0.717) is 6.04 Å². The van der Waals surface area contributed by atoms with E-state index in [2.05, 4.69) is 48.2 Å². The lowest BCUT2D eigenvalue weighted by atomic mass is 10.1. The van der Waals surface area contributed by atoms with Gasteiger partial charge in [0, 0.05) is 25.7 Å². The lowest BCUT2D eigenvalue weighted by Crippen LogP contribution is -2.41. The van der Waals surface area contributed by atoms with E-state index >= 15 is 0 Å². The monoisotopic (exact) mass is 240 g/mol. The highest BCUT2D eigenvalue weighted by molar-refractivity contribution is 5.79. The number of likely N-dealkylation sites (tertiary alicyclic amines) is 1. The van der Waals surface area contributed by atoms with Crippen LogP contribution < -0.4 is 10.6 Å². The highest BCUT2D eigenvalue weighted by Crippen LogP contribution is 2.15. The van der Waals surface area contributed by atoms with E-state index in [4.69, 9.17) is 0 Å². The zero-order chi connectivity index (χ0) is 12.7. The topological polar surface area (TPSA) is 39.7 Å². The molecule has 0 spiro atoms. The Morgan fingerprint density at radius 1 is 1.41 bits per heavy atom. The van der Waals surface area contributed by atoms with Crippen molar-refractivity contribution in [2.75, 3.05) is 32.7 Å². The van der Waals surface area contributed by atoms with Crippen molar-refractivity contribution in [3.63, 3.8) is 0 Å². The van der Waals surface area contributed by atoms with Gasteiger partial charge in [0.05, 0.1) is 0 Å². The molecule has 0 radical (unpaired) electrons. The molecule has 0 aromatic heterocycles. The van der Waals surface area contributed by atoms with Crippen LogP contribution in [-0.2, 0) is 0 Å². The summed E-state index contributed by atoms with van der Waals surface area (Å²) in [6.45, 7) is 14.1.